The Hall–Kier alpha value is -3.98. The Labute approximate surface area is 203 Å². The molecule has 0 aromatic heterocycles. The molecule has 0 radical (unpaired) electrons. The van der Waals surface area contributed by atoms with Gasteiger partial charge in [-0.1, -0.05) is 36.4 Å². The predicted octanol–water partition coefficient (Wildman–Crippen LogP) is 4.70. The lowest BCUT2D eigenvalue weighted by Gasteiger charge is -2.11. The Morgan fingerprint density at radius 3 is 2.50 bits per heavy atom. The van der Waals surface area contributed by atoms with Gasteiger partial charge in [-0.2, -0.15) is 0 Å². The third kappa shape index (κ3) is 5.68. The number of carbonyl (C=O) groups is 3. The zero-order valence-electron chi connectivity index (χ0n) is 17.8. The first kappa shape index (κ1) is 23.2. The van der Waals surface area contributed by atoms with E-state index >= 15 is 0 Å². The molecule has 0 atom stereocenters. The smallest absolute Gasteiger partial charge is 0.329 e. The highest BCUT2D eigenvalue weighted by Crippen LogP contribution is 2.27. The lowest BCUT2D eigenvalue weighted by atomic mass is 10.1. The lowest BCUT2D eigenvalue weighted by Crippen LogP contribution is -2.30. The molecule has 4 rings (SSSR count). The molecule has 0 spiro atoms. The number of hydrogen-bond donors (Lipinski definition) is 2. The zero-order chi connectivity index (χ0) is 24.1. The van der Waals surface area contributed by atoms with Gasteiger partial charge in [0, 0.05) is 5.69 Å². The molecule has 2 N–H and O–H groups in total. The van der Waals surface area contributed by atoms with Crippen molar-refractivity contribution >= 4 is 45.5 Å². The first-order valence-electron chi connectivity index (χ1n) is 10.3. The fourth-order valence-corrected chi connectivity index (χ4v) is 3.76. The minimum Gasteiger partial charge on any atom is -0.483 e. The molecule has 34 heavy (non-hydrogen) atoms. The number of halogens is 2. The fourth-order valence-electron chi connectivity index (χ4n) is 3.25. The van der Waals surface area contributed by atoms with Crippen LogP contribution < -0.4 is 15.4 Å². The quantitative estimate of drug-likeness (QED) is 0.347. The first-order valence-corrected chi connectivity index (χ1v) is 11.0. The van der Waals surface area contributed by atoms with Gasteiger partial charge >= 0.3 is 6.03 Å². The zero-order valence-corrected chi connectivity index (χ0v) is 19.3. The van der Waals surface area contributed by atoms with Crippen LogP contribution in [0.2, 0.25) is 0 Å². The maximum Gasteiger partial charge on any atom is 0.329 e. The Morgan fingerprint density at radius 2 is 1.79 bits per heavy atom. The van der Waals surface area contributed by atoms with Crippen molar-refractivity contribution in [3.8, 4) is 5.75 Å². The number of imide groups is 1. The molecule has 0 unspecified atom stereocenters. The van der Waals surface area contributed by atoms with Crippen molar-refractivity contribution < 1.29 is 23.5 Å². The van der Waals surface area contributed by atoms with Crippen molar-refractivity contribution in [1.82, 2.24) is 10.2 Å². The highest BCUT2D eigenvalue weighted by molar-refractivity contribution is 9.10. The number of amides is 4. The molecular weight excluding hydrogens is 505 g/mol. The third-order valence-electron chi connectivity index (χ3n) is 4.90. The number of ether oxygens (including phenoxy) is 1. The molecule has 3 aromatic rings. The van der Waals surface area contributed by atoms with Gasteiger partial charge < -0.3 is 15.4 Å². The van der Waals surface area contributed by atoms with Crippen molar-refractivity contribution in [3.05, 3.63) is 99.9 Å². The lowest BCUT2D eigenvalue weighted by molar-refractivity contribution is -0.123. The van der Waals surface area contributed by atoms with E-state index in [0.717, 1.165) is 10.5 Å². The molecule has 1 aliphatic rings. The Bertz CT molecular complexity index is 1260. The van der Waals surface area contributed by atoms with Crippen molar-refractivity contribution in [1.29, 1.82) is 0 Å². The van der Waals surface area contributed by atoms with Crippen LogP contribution >= 0.6 is 15.9 Å². The van der Waals surface area contributed by atoms with Crippen LogP contribution in [0, 0.1) is 5.82 Å². The summed E-state index contributed by atoms with van der Waals surface area (Å²) in [6.07, 6.45) is 1.57. The summed E-state index contributed by atoms with van der Waals surface area (Å²) < 4.78 is 19.1. The Morgan fingerprint density at radius 1 is 1.06 bits per heavy atom. The minimum absolute atomic E-state index is 0.167. The Balaban J connectivity index is 1.37. The summed E-state index contributed by atoms with van der Waals surface area (Å²) in [5.41, 5.74) is 2.13. The van der Waals surface area contributed by atoms with Gasteiger partial charge in [0.05, 0.1) is 11.0 Å². The van der Waals surface area contributed by atoms with Gasteiger partial charge in [0.15, 0.2) is 6.61 Å². The molecule has 7 nitrogen and oxygen atoms in total. The van der Waals surface area contributed by atoms with Gasteiger partial charge in [-0.05, 0) is 69.5 Å². The van der Waals surface area contributed by atoms with Crippen LogP contribution in [-0.4, -0.2) is 29.4 Å². The monoisotopic (exact) mass is 523 g/mol. The van der Waals surface area contributed by atoms with Crippen LogP contribution in [0.25, 0.3) is 6.08 Å². The third-order valence-corrected chi connectivity index (χ3v) is 5.52. The summed E-state index contributed by atoms with van der Waals surface area (Å²) in [6.45, 7) is -0.0707. The van der Waals surface area contributed by atoms with Gasteiger partial charge in [0.1, 0.15) is 17.3 Å². The van der Waals surface area contributed by atoms with Crippen LogP contribution in [-0.2, 0) is 16.1 Å². The van der Waals surface area contributed by atoms with E-state index in [0.29, 0.717) is 21.5 Å². The summed E-state index contributed by atoms with van der Waals surface area (Å²) in [4.78, 5) is 38.2. The molecule has 1 aliphatic heterocycles. The average molecular weight is 524 g/mol. The maximum absolute atomic E-state index is 13.0. The van der Waals surface area contributed by atoms with E-state index < -0.39 is 23.7 Å². The van der Waals surface area contributed by atoms with E-state index in [1.165, 1.54) is 24.3 Å². The number of hydrogen-bond acceptors (Lipinski definition) is 4. The SMILES string of the molecule is O=C(COc1ccc(/C=C2/NC(=O)N(Cc3ccccc3)C2=O)cc1Br)Nc1ccc(F)cc1. The van der Waals surface area contributed by atoms with Gasteiger partial charge in [-0.3, -0.25) is 14.5 Å². The van der Waals surface area contributed by atoms with Gasteiger partial charge in [0.2, 0.25) is 0 Å². The molecule has 3 aromatic carbocycles. The molecule has 0 aliphatic carbocycles. The molecule has 0 saturated carbocycles. The summed E-state index contributed by atoms with van der Waals surface area (Å²) in [5.74, 6) is -0.787. The number of nitrogens with zero attached hydrogens (tertiary/aromatic N) is 1. The summed E-state index contributed by atoms with van der Waals surface area (Å²) >= 11 is 3.39. The second-order valence-corrected chi connectivity index (χ2v) is 8.25. The van der Waals surface area contributed by atoms with E-state index in [2.05, 4.69) is 26.6 Å². The maximum atomic E-state index is 13.0. The van der Waals surface area contributed by atoms with E-state index in [9.17, 15) is 18.8 Å². The van der Waals surface area contributed by atoms with Crippen LogP contribution in [0.1, 0.15) is 11.1 Å². The topological polar surface area (TPSA) is 87.7 Å². The predicted molar refractivity (Wildman–Crippen MR) is 128 cm³/mol. The highest BCUT2D eigenvalue weighted by atomic mass is 79.9. The molecule has 0 bridgehead atoms. The number of anilines is 1. The normalized spacial score (nSPS) is 14.3. The number of benzene rings is 3. The molecule has 172 valence electrons. The largest absolute Gasteiger partial charge is 0.483 e. The summed E-state index contributed by atoms with van der Waals surface area (Å²) in [7, 11) is 0. The van der Waals surface area contributed by atoms with E-state index in [-0.39, 0.29) is 18.8 Å². The van der Waals surface area contributed by atoms with E-state index in [1.54, 1.807) is 24.3 Å². The number of urea groups is 1. The van der Waals surface area contributed by atoms with Crippen LogP contribution in [0.15, 0.2) is 83.0 Å². The van der Waals surface area contributed by atoms with Crippen LogP contribution in [0.3, 0.4) is 0 Å². The van der Waals surface area contributed by atoms with Crippen molar-refractivity contribution in [2.24, 2.45) is 0 Å². The van der Waals surface area contributed by atoms with E-state index in [1.807, 2.05) is 30.3 Å². The van der Waals surface area contributed by atoms with Gasteiger partial charge in [0.25, 0.3) is 11.8 Å². The number of rotatable bonds is 7. The van der Waals surface area contributed by atoms with Gasteiger partial charge in [-0.25, -0.2) is 9.18 Å². The van der Waals surface area contributed by atoms with Crippen LogP contribution in [0.4, 0.5) is 14.9 Å². The number of carbonyl (C=O) groups excluding carboxylic acids is 3. The standard InChI is InChI=1S/C25H19BrFN3O4/c26-20-12-17(6-11-22(20)34-15-23(31)28-19-9-7-18(27)8-10-19)13-21-24(32)30(25(33)29-21)14-16-4-2-1-3-5-16/h1-13H,14-15H2,(H,28,31)(H,29,33)/b21-13+. The first-order chi connectivity index (χ1) is 16.4. The average Bonchev–Trinajstić information content (AvgIpc) is 3.08. The summed E-state index contributed by atoms with van der Waals surface area (Å²) in [6, 6.07) is 19.2. The number of nitrogens with one attached hydrogen (secondary N) is 2. The van der Waals surface area contributed by atoms with Crippen LogP contribution in [0.5, 0.6) is 5.75 Å². The van der Waals surface area contributed by atoms with Gasteiger partial charge in [-0.15, -0.1) is 0 Å². The second-order valence-electron chi connectivity index (χ2n) is 7.40. The van der Waals surface area contributed by atoms with Crippen molar-refractivity contribution in [3.63, 3.8) is 0 Å². The minimum atomic E-state index is -0.480. The second kappa shape index (κ2) is 10.3. The molecule has 1 heterocycles. The summed E-state index contributed by atoms with van der Waals surface area (Å²) in [5, 5.41) is 5.21. The van der Waals surface area contributed by atoms with Crippen molar-refractivity contribution in [2.75, 3.05) is 11.9 Å². The molecular formula is C25H19BrFN3O4. The molecule has 9 heteroatoms. The molecule has 4 amide bonds. The van der Waals surface area contributed by atoms with E-state index in [4.69, 9.17) is 4.74 Å². The fraction of sp³-hybridized carbons (Fsp3) is 0.0800. The Kier molecular flexibility index (Phi) is 7.03. The highest BCUT2D eigenvalue weighted by Gasteiger charge is 2.33. The molecule has 1 saturated heterocycles. The molecule has 1 fully saturated rings. The van der Waals surface area contributed by atoms with Crippen molar-refractivity contribution in [2.45, 2.75) is 6.54 Å².